The lowest BCUT2D eigenvalue weighted by Gasteiger charge is -2.33. The van der Waals surface area contributed by atoms with Crippen molar-refractivity contribution in [2.45, 2.75) is 56.8 Å². The van der Waals surface area contributed by atoms with Crippen molar-refractivity contribution in [2.24, 2.45) is 0 Å². The second kappa shape index (κ2) is 10.7. The molecule has 0 spiro atoms. The van der Waals surface area contributed by atoms with Gasteiger partial charge in [0.2, 0.25) is 5.91 Å². The predicted octanol–water partition coefficient (Wildman–Crippen LogP) is 1.80. The molecule has 3 aliphatic rings. The standard InChI is InChI=1S/C23H26FN2O10P/c1-14-21(30)32-11-9-19(29)35-20-17(13-33-37(31,25-14)36-16-6-4-3-5-7-16)34-22(23(20,2)24)26-10-8-15(27)12-18(26)28/h3-8,10,14,17,20,22H,9,11-13H2,1-2H3,(H,25,31)/t14-,17+,20+,22+,23+,37?/m0/s1. The lowest BCUT2D eigenvalue weighted by atomic mass is 9.97. The van der Waals surface area contributed by atoms with E-state index in [4.69, 9.17) is 23.3 Å². The molecule has 1 aromatic rings. The third kappa shape index (κ3) is 6.07. The molecule has 4 rings (SSSR count). The summed E-state index contributed by atoms with van der Waals surface area (Å²) in [5.41, 5.74) is -2.47. The number of hydrogen-bond acceptors (Lipinski definition) is 10. The molecule has 1 N–H and O–H groups in total. The van der Waals surface area contributed by atoms with Gasteiger partial charge in [-0.3, -0.25) is 28.6 Å². The Morgan fingerprint density at radius 2 is 1.92 bits per heavy atom. The van der Waals surface area contributed by atoms with Gasteiger partial charge in [0.15, 0.2) is 23.8 Å². The van der Waals surface area contributed by atoms with Crippen molar-refractivity contribution >= 4 is 31.4 Å². The Morgan fingerprint density at radius 3 is 2.62 bits per heavy atom. The molecule has 2 saturated heterocycles. The third-order valence-electron chi connectivity index (χ3n) is 5.86. The van der Waals surface area contributed by atoms with E-state index >= 15 is 4.39 Å². The fraction of sp³-hybridized carbons (Fsp3) is 0.478. The number of alkyl halides is 1. The number of benzene rings is 1. The maximum atomic E-state index is 16.1. The van der Waals surface area contributed by atoms with Gasteiger partial charge in [0.25, 0.3) is 0 Å². The molecule has 0 aliphatic carbocycles. The summed E-state index contributed by atoms with van der Waals surface area (Å²) >= 11 is 0. The molecular weight excluding hydrogens is 514 g/mol. The first-order chi connectivity index (χ1) is 17.5. The summed E-state index contributed by atoms with van der Waals surface area (Å²) in [7, 11) is -4.31. The number of carbonyl (C=O) groups excluding carboxylic acids is 4. The first kappa shape index (κ1) is 26.9. The zero-order valence-electron chi connectivity index (χ0n) is 20.0. The van der Waals surface area contributed by atoms with Gasteiger partial charge in [-0.15, -0.1) is 0 Å². The SMILES string of the molecule is C[C@@H]1NP(=O)(Oc2ccccc2)OC[C@H]2O[C@@H](N3C=CC(=O)CC3=O)[C@](C)(F)[C@@H]2OC(=O)CCOC1=O. The smallest absolute Gasteiger partial charge is 0.459 e. The topological polar surface area (TPSA) is 147 Å². The van der Waals surface area contributed by atoms with Crippen molar-refractivity contribution in [1.29, 1.82) is 0 Å². The average Bonchev–Trinajstić information content (AvgIpc) is 3.07. The van der Waals surface area contributed by atoms with Crippen LogP contribution in [0.15, 0.2) is 42.6 Å². The normalized spacial score (nSPS) is 35.5. The summed E-state index contributed by atoms with van der Waals surface area (Å²) in [6.07, 6.45) is -3.19. The molecule has 6 atom stereocenters. The monoisotopic (exact) mass is 540 g/mol. The Balaban J connectivity index is 1.64. The van der Waals surface area contributed by atoms with Crippen molar-refractivity contribution in [1.82, 2.24) is 9.99 Å². The second-order valence-corrected chi connectivity index (χ2v) is 10.5. The van der Waals surface area contributed by atoms with Crippen LogP contribution in [-0.4, -0.2) is 71.9 Å². The fourth-order valence-corrected chi connectivity index (χ4v) is 5.52. The van der Waals surface area contributed by atoms with Crippen molar-refractivity contribution in [3.05, 3.63) is 42.6 Å². The minimum atomic E-state index is -4.31. The van der Waals surface area contributed by atoms with Crippen LogP contribution in [0, 0.1) is 0 Å². The molecule has 2 fully saturated rings. The van der Waals surface area contributed by atoms with Gasteiger partial charge >= 0.3 is 19.7 Å². The highest BCUT2D eigenvalue weighted by Gasteiger charge is 2.60. The van der Waals surface area contributed by atoms with Crippen LogP contribution in [0.3, 0.4) is 0 Å². The molecule has 14 heteroatoms. The first-order valence-corrected chi connectivity index (χ1v) is 13.0. The molecule has 0 aromatic heterocycles. The zero-order valence-corrected chi connectivity index (χ0v) is 20.9. The largest absolute Gasteiger partial charge is 0.464 e. The minimum Gasteiger partial charge on any atom is -0.464 e. The van der Waals surface area contributed by atoms with E-state index in [0.29, 0.717) is 0 Å². The number of cyclic esters (lactones) is 1. The lowest BCUT2D eigenvalue weighted by molar-refractivity contribution is -0.160. The number of nitrogens with zero attached hydrogens (tertiary/aromatic N) is 1. The van der Waals surface area contributed by atoms with Crippen molar-refractivity contribution < 1.29 is 51.4 Å². The molecule has 12 nitrogen and oxygen atoms in total. The molecule has 200 valence electrons. The molecule has 1 aromatic carbocycles. The molecular formula is C23H26FN2O10P. The van der Waals surface area contributed by atoms with Gasteiger partial charge in [0.1, 0.15) is 24.5 Å². The maximum absolute atomic E-state index is 16.1. The molecule has 1 amide bonds. The number of allylic oxidation sites excluding steroid dienone is 1. The quantitative estimate of drug-likeness (QED) is 0.340. The van der Waals surface area contributed by atoms with Gasteiger partial charge in [0.05, 0.1) is 19.4 Å². The zero-order chi connectivity index (χ0) is 26.8. The molecule has 0 radical (unpaired) electrons. The molecule has 3 aliphatic heterocycles. The summed E-state index contributed by atoms with van der Waals surface area (Å²) < 4.78 is 57.0. The number of fused-ring (bicyclic) bond motifs is 1. The number of hydrogen-bond donors (Lipinski definition) is 1. The summed E-state index contributed by atoms with van der Waals surface area (Å²) in [6, 6.07) is 6.81. The van der Waals surface area contributed by atoms with Gasteiger partial charge in [-0.1, -0.05) is 18.2 Å². The Bertz CT molecular complexity index is 1140. The molecule has 0 bridgehead atoms. The number of halogens is 1. The lowest BCUT2D eigenvalue weighted by Crippen LogP contribution is -2.52. The van der Waals surface area contributed by atoms with E-state index in [1.54, 1.807) is 18.2 Å². The van der Waals surface area contributed by atoms with E-state index in [2.05, 4.69) is 5.09 Å². The first-order valence-electron chi connectivity index (χ1n) is 11.5. The number of ether oxygens (including phenoxy) is 3. The molecule has 3 heterocycles. The maximum Gasteiger partial charge on any atom is 0.459 e. The van der Waals surface area contributed by atoms with Crippen LogP contribution in [0.2, 0.25) is 0 Å². The predicted molar refractivity (Wildman–Crippen MR) is 122 cm³/mol. The summed E-state index contributed by atoms with van der Waals surface area (Å²) in [6.45, 7) is 1.45. The van der Waals surface area contributed by atoms with Crippen molar-refractivity contribution in [2.75, 3.05) is 13.2 Å². The fourth-order valence-electron chi connectivity index (χ4n) is 4.02. The van der Waals surface area contributed by atoms with E-state index in [0.717, 1.165) is 24.1 Å². The van der Waals surface area contributed by atoms with Gasteiger partial charge in [-0.2, -0.15) is 5.09 Å². The number of amides is 1. The number of esters is 2. The van der Waals surface area contributed by atoms with Crippen LogP contribution in [0.1, 0.15) is 26.7 Å². The van der Waals surface area contributed by atoms with Crippen LogP contribution in [0.4, 0.5) is 4.39 Å². The van der Waals surface area contributed by atoms with Crippen LogP contribution in [-0.2, 0) is 42.5 Å². The van der Waals surface area contributed by atoms with E-state index < -0.39 is 81.0 Å². The highest BCUT2D eigenvalue weighted by Crippen LogP contribution is 2.47. The van der Waals surface area contributed by atoms with Crippen LogP contribution in [0.25, 0.3) is 0 Å². The van der Waals surface area contributed by atoms with Crippen molar-refractivity contribution in [3.8, 4) is 5.75 Å². The number of ketones is 1. The second-order valence-electron chi connectivity index (χ2n) is 8.81. The minimum absolute atomic E-state index is 0.153. The van der Waals surface area contributed by atoms with Gasteiger partial charge in [-0.05, 0) is 32.1 Å². The van der Waals surface area contributed by atoms with Gasteiger partial charge in [0, 0.05) is 6.20 Å². The Morgan fingerprint density at radius 1 is 1.19 bits per heavy atom. The molecule has 1 unspecified atom stereocenters. The Kier molecular flexibility index (Phi) is 7.79. The van der Waals surface area contributed by atoms with Gasteiger partial charge in [-0.25, -0.2) is 8.96 Å². The van der Waals surface area contributed by atoms with E-state index in [1.807, 2.05) is 0 Å². The van der Waals surface area contributed by atoms with E-state index in [1.165, 1.54) is 19.1 Å². The van der Waals surface area contributed by atoms with E-state index in [9.17, 15) is 23.7 Å². The van der Waals surface area contributed by atoms with Crippen molar-refractivity contribution in [3.63, 3.8) is 0 Å². The van der Waals surface area contributed by atoms with E-state index in [-0.39, 0.29) is 12.4 Å². The summed E-state index contributed by atoms with van der Waals surface area (Å²) in [5, 5.41) is 2.48. The summed E-state index contributed by atoms with van der Waals surface area (Å²) in [4.78, 5) is 49.7. The van der Waals surface area contributed by atoms with Crippen LogP contribution >= 0.6 is 7.75 Å². The van der Waals surface area contributed by atoms with Crippen LogP contribution in [0.5, 0.6) is 5.75 Å². The molecule has 37 heavy (non-hydrogen) atoms. The Labute approximate surface area is 211 Å². The average molecular weight is 540 g/mol. The third-order valence-corrected chi connectivity index (χ3v) is 7.50. The number of nitrogens with one attached hydrogen (secondary N) is 1. The van der Waals surface area contributed by atoms with Gasteiger partial charge < -0.3 is 18.7 Å². The number of rotatable bonds is 3. The Hall–Kier alpha value is -3.12. The van der Waals surface area contributed by atoms with Crippen LogP contribution < -0.4 is 9.61 Å². The number of carbonyl (C=O) groups is 4. The molecule has 0 saturated carbocycles. The highest BCUT2D eigenvalue weighted by atomic mass is 31.2. The number of para-hydroxylation sites is 1. The highest BCUT2D eigenvalue weighted by molar-refractivity contribution is 7.52. The summed E-state index contributed by atoms with van der Waals surface area (Å²) in [5.74, 6) is -2.73.